The second-order valence-corrected chi connectivity index (χ2v) is 6.46. The Morgan fingerprint density at radius 2 is 2.11 bits per heavy atom. The standard InChI is InChI=1S/C13H19NO4S/c1-14-8-3-2-7-12(14)13(15)10-5-4-6-11(9-10)19(16,17)18/h4-6,9,12-13,15H,2-3,7-8H2,1H3,(H,16,17,18). The Labute approximate surface area is 113 Å². The predicted octanol–water partition coefficient (Wildman–Crippen LogP) is 1.45. The van der Waals surface area contributed by atoms with Gasteiger partial charge in [-0.1, -0.05) is 18.6 Å². The fraction of sp³-hybridized carbons (Fsp3) is 0.538. The number of benzene rings is 1. The molecule has 1 aromatic carbocycles. The lowest BCUT2D eigenvalue weighted by Gasteiger charge is -2.35. The molecule has 0 saturated carbocycles. The number of nitrogens with zero attached hydrogens (tertiary/aromatic N) is 1. The number of aliphatic hydroxyl groups excluding tert-OH is 1. The van der Waals surface area contributed by atoms with Gasteiger partial charge in [-0.15, -0.1) is 0 Å². The monoisotopic (exact) mass is 285 g/mol. The van der Waals surface area contributed by atoms with Gasteiger partial charge in [0.05, 0.1) is 11.0 Å². The summed E-state index contributed by atoms with van der Waals surface area (Å²) in [5.41, 5.74) is 0.522. The molecule has 1 aliphatic heterocycles. The molecule has 6 heteroatoms. The zero-order chi connectivity index (χ0) is 14.0. The Morgan fingerprint density at radius 1 is 1.37 bits per heavy atom. The first-order valence-electron chi connectivity index (χ1n) is 6.35. The highest BCUT2D eigenvalue weighted by Crippen LogP contribution is 2.28. The second-order valence-electron chi connectivity index (χ2n) is 5.04. The van der Waals surface area contributed by atoms with Gasteiger partial charge in [-0.25, -0.2) is 0 Å². The summed E-state index contributed by atoms with van der Waals surface area (Å²) in [6.45, 7) is 0.930. The summed E-state index contributed by atoms with van der Waals surface area (Å²) in [6.07, 6.45) is 2.31. The van der Waals surface area contributed by atoms with Crippen molar-refractivity contribution in [3.05, 3.63) is 29.8 Å². The third kappa shape index (κ3) is 3.33. The molecule has 1 fully saturated rings. The van der Waals surface area contributed by atoms with Crippen LogP contribution >= 0.6 is 0 Å². The van der Waals surface area contributed by atoms with Crippen molar-refractivity contribution in [2.24, 2.45) is 0 Å². The molecule has 1 heterocycles. The van der Waals surface area contributed by atoms with Gasteiger partial charge in [-0.2, -0.15) is 8.42 Å². The molecule has 0 aliphatic carbocycles. The molecule has 2 rings (SSSR count). The van der Waals surface area contributed by atoms with Crippen molar-refractivity contribution in [1.29, 1.82) is 0 Å². The van der Waals surface area contributed by atoms with Crippen LogP contribution in [0.5, 0.6) is 0 Å². The first kappa shape index (κ1) is 14.5. The van der Waals surface area contributed by atoms with Crippen LogP contribution in [0.3, 0.4) is 0 Å². The Balaban J connectivity index is 2.26. The highest BCUT2D eigenvalue weighted by atomic mass is 32.2. The van der Waals surface area contributed by atoms with Crippen molar-refractivity contribution < 1.29 is 18.1 Å². The molecule has 5 nitrogen and oxygen atoms in total. The van der Waals surface area contributed by atoms with E-state index in [9.17, 15) is 13.5 Å². The van der Waals surface area contributed by atoms with Crippen LogP contribution in [-0.4, -0.2) is 42.6 Å². The van der Waals surface area contributed by atoms with Crippen molar-refractivity contribution in [2.45, 2.75) is 36.3 Å². The number of aliphatic hydroxyl groups is 1. The molecular weight excluding hydrogens is 266 g/mol. The second kappa shape index (κ2) is 5.58. The van der Waals surface area contributed by atoms with Gasteiger partial charge < -0.3 is 10.0 Å². The van der Waals surface area contributed by atoms with Crippen molar-refractivity contribution in [1.82, 2.24) is 4.90 Å². The van der Waals surface area contributed by atoms with Crippen molar-refractivity contribution >= 4 is 10.1 Å². The largest absolute Gasteiger partial charge is 0.387 e. The quantitative estimate of drug-likeness (QED) is 0.822. The Bertz CT molecular complexity index is 543. The maximum Gasteiger partial charge on any atom is 0.294 e. The summed E-state index contributed by atoms with van der Waals surface area (Å²) in [4.78, 5) is 1.91. The highest BCUT2D eigenvalue weighted by molar-refractivity contribution is 7.85. The van der Waals surface area contributed by atoms with Gasteiger partial charge in [0.1, 0.15) is 0 Å². The summed E-state index contributed by atoms with van der Waals surface area (Å²) in [5, 5.41) is 10.4. The van der Waals surface area contributed by atoms with Crippen LogP contribution < -0.4 is 0 Å². The minimum absolute atomic E-state index is 0.00889. The van der Waals surface area contributed by atoms with Crippen LogP contribution in [0.15, 0.2) is 29.2 Å². The maximum absolute atomic E-state index is 11.1. The third-order valence-electron chi connectivity index (χ3n) is 3.69. The van der Waals surface area contributed by atoms with E-state index in [1.807, 2.05) is 7.05 Å². The SMILES string of the molecule is CN1CCCCC1C(O)c1cccc(S(=O)(=O)O)c1. The molecule has 1 aliphatic rings. The van der Waals surface area contributed by atoms with Crippen LogP contribution in [0, 0.1) is 0 Å². The zero-order valence-electron chi connectivity index (χ0n) is 10.9. The summed E-state index contributed by atoms with van der Waals surface area (Å²) in [6, 6.07) is 5.86. The normalized spacial score (nSPS) is 23.2. The lowest BCUT2D eigenvalue weighted by atomic mass is 9.93. The van der Waals surface area contributed by atoms with Crippen LogP contribution in [0.25, 0.3) is 0 Å². The van der Waals surface area contributed by atoms with E-state index in [0.717, 1.165) is 25.8 Å². The van der Waals surface area contributed by atoms with E-state index in [1.165, 1.54) is 18.2 Å². The molecule has 2 N–H and O–H groups in total. The van der Waals surface area contributed by atoms with Crippen molar-refractivity contribution in [3.63, 3.8) is 0 Å². The Morgan fingerprint density at radius 3 is 2.74 bits per heavy atom. The van der Waals surface area contributed by atoms with E-state index in [4.69, 9.17) is 4.55 Å². The summed E-state index contributed by atoms with van der Waals surface area (Å²) >= 11 is 0. The number of rotatable bonds is 3. The third-order valence-corrected chi connectivity index (χ3v) is 4.54. The molecule has 1 aromatic rings. The maximum atomic E-state index is 11.1. The lowest BCUT2D eigenvalue weighted by Crippen LogP contribution is -2.40. The van der Waals surface area contributed by atoms with Crippen LogP contribution in [0.1, 0.15) is 30.9 Å². The van der Waals surface area contributed by atoms with Gasteiger partial charge in [-0.05, 0) is 44.1 Å². The van der Waals surface area contributed by atoms with Gasteiger partial charge in [0.2, 0.25) is 0 Å². The van der Waals surface area contributed by atoms with Crippen LogP contribution in [0.4, 0.5) is 0 Å². The number of piperidine rings is 1. The minimum atomic E-state index is -4.23. The molecule has 2 atom stereocenters. The average molecular weight is 285 g/mol. The summed E-state index contributed by atoms with van der Waals surface area (Å²) in [5.74, 6) is 0. The first-order chi connectivity index (χ1) is 8.89. The molecule has 0 aromatic heterocycles. The van der Waals surface area contributed by atoms with E-state index in [-0.39, 0.29) is 10.9 Å². The van der Waals surface area contributed by atoms with E-state index >= 15 is 0 Å². The Kier molecular flexibility index (Phi) is 4.25. The summed E-state index contributed by atoms with van der Waals surface area (Å²) in [7, 11) is -2.27. The zero-order valence-corrected chi connectivity index (χ0v) is 11.7. The van der Waals surface area contributed by atoms with E-state index in [2.05, 4.69) is 4.90 Å². The predicted molar refractivity (Wildman–Crippen MR) is 71.5 cm³/mol. The van der Waals surface area contributed by atoms with Crippen molar-refractivity contribution in [2.75, 3.05) is 13.6 Å². The van der Waals surface area contributed by atoms with Gasteiger partial charge in [0, 0.05) is 6.04 Å². The topological polar surface area (TPSA) is 77.8 Å². The number of likely N-dealkylation sites (tertiary alicyclic amines) is 1. The molecular formula is C13H19NO4S. The molecule has 106 valence electrons. The first-order valence-corrected chi connectivity index (χ1v) is 7.79. The smallest absolute Gasteiger partial charge is 0.294 e. The van der Waals surface area contributed by atoms with Gasteiger partial charge in [0.25, 0.3) is 10.1 Å². The van der Waals surface area contributed by atoms with Crippen molar-refractivity contribution in [3.8, 4) is 0 Å². The Hall–Kier alpha value is -0.950. The number of likely N-dealkylation sites (N-methyl/N-ethyl adjacent to an activating group) is 1. The molecule has 0 spiro atoms. The van der Waals surface area contributed by atoms with Gasteiger partial charge in [-0.3, -0.25) is 4.55 Å². The lowest BCUT2D eigenvalue weighted by molar-refractivity contribution is 0.0402. The van der Waals surface area contributed by atoms with Gasteiger partial charge >= 0.3 is 0 Å². The highest BCUT2D eigenvalue weighted by Gasteiger charge is 2.27. The van der Waals surface area contributed by atoms with E-state index < -0.39 is 16.2 Å². The molecule has 0 amide bonds. The average Bonchev–Trinajstić information content (AvgIpc) is 2.38. The van der Waals surface area contributed by atoms with Crippen LogP contribution in [0.2, 0.25) is 0 Å². The van der Waals surface area contributed by atoms with E-state index in [0.29, 0.717) is 5.56 Å². The molecule has 0 radical (unpaired) electrons. The fourth-order valence-electron chi connectivity index (χ4n) is 2.58. The number of hydrogen-bond donors (Lipinski definition) is 2. The molecule has 2 unspecified atom stereocenters. The molecule has 19 heavy (non-hydrogen) atoms. The molecule has 0 bridgehead atoms. The fourth-order valence-corrected chi connectivity index (χ4v) is 3.12. The molecule has 1 saturated heterocycles. The van der Waals surface area contributed by atoms with E-state index in [1.54, 1.807) is 6.07 Å². The number of hydrogen-bond acceptors (Lipinski definition) is 4. The summed E-state index contributed by atoms with van der Waals surface area (Å²) < 4.78 is 31.3. The van der Waals surface area contributed by atoms with Crippen LogP contribution in [-0.2, 0) is 10.1 Å². The minimum Gasteiger partial charge on any atom is -0.387 e. The van der Waals surface area contributed by atoms with Gasteiger partial charge in [0.15, 0.2) is 0 Å².